The second-order valence-electron chi connectivity index (χ2n) is 3.92. The summed E-state index contributed by atoms with van der Waals surface area (Å²) in [4.78, 5) is 22.6. The Kier molecular flexibility index (Phi) is 6.04. The molecule has 0 aliphatic heterocycles. The monoisotopic (exact) mass is 251 g/mol. The van der Waals surface area contributed by atoms with Gasteiger partial charge in [-0.15, -0.1) is 0 Å². The number of aliphatic hydroxyl groups excluding tert-OH is 1. The first-order valence-corrected chi connectivity index (χ1v) is 5.78. The van der Waals surface area contributed by atoms with E-state index in [2.05, 4.69) is 4.74 Å². The van der Waals surface area contributed by atoms with Crippen LogP contribution in [0.25, 0.3) is 0 Å². The number of hydrogen-bond donors (Lipinski definition) is 2. The zero-order chi connectivity index (χ0) is 13.4. The van der Waals surface area contributed by atoms with Gasteiger partial charge < -0.3 is 15.6 Å². The third kappa shape index (κ3) is 5.07. The van der Waals surface area contributed by atoms with Gasteiger partial charge in [0.15, 0.2) is 0 Å². The Morgan fingerprint density at radius 1 is 1.28 bits per heavy atom. The molecule has 0 heterocycles. The fraction of sp³-hybridized carbons (Fsp3) is 0.385. The Labute approximate surface area is 106 Å². The first-order valence-electron chi connectivity index (χ1n) is 5.78. The van der Waals surface area contributed by atoms with E-state index >= 15 is 0 Å². The molecule has 1 atom stereocenters. The van der Waals surface area contributed by atoms with Crippen LogP contribution in [0, 0.1) is 0 Å². The number of carbonyl (C=O) groups is 2. The van der Waals surface area contributed by atoms with Gasteiger partial charge in [0.25, 0.3) is 0 Å². The van der Waals surface area contributed by atoms with Gasteiger partial charge in [0, 0.05) is 13.0 Å². The molecule has 5 heteroatoms. The van der Waals surface area contributed by atoms with E-state index in [4.69, 9.17) is 10.8 Å². The molecular weight excluding hydrogens is 234 g/mol. The molecule has 0 aliphatic carbocycles. The maximum absolute atomic E-state index is 11.5. The average molecular weight is 251 g/mol. The molecule has 0 aliphatic rings. The van der Waals surface area contributed by atoms with Crippen LogP contribution in [0.5, 0.6) is 0 Å². The van der Waals surface area contributed by atoms with Crippen LogP contribution in [0.4, 0.5) is 0 Å². The SMILES string of the molecule is N[C@@H](Cc1ccccc1)C(=O)OC(=O)CCCO. The number of esters is 2. The molecule has 18 heavy (non-hydrogen) atoms. The third-order valence-electron chi connectivity index (χ3n) is 2.35. The van der Waals surface area contributed by atoms with Gasteiger partial charge in [-0.25, -0.2) is 4.79 Å². The van der Waals surface area contributed by atoms with Gasteiger partial charge in [0.1, 0.15) is 6.04 Å². The van der Waals surface area contributed by atoms with Crippen molar-refractivity contribution < 1.29 is 19.4 Å². The third-order valence-corrected chi connectivity index (χ3v) is 2.35. The van der Waals surface area contributed by atoms with E-state index in [1.807, 2.05) is 30.3 Å². The van der Waals surface area contributed by atoms with Crippen molar-refractivity contribution in [2.75, 3.05) is 6.61 Å². The normalized spacial score (nSPS) is 11.9. The molecule has 1 aromatic carbocycles. The van der Waals surface area contributed by atoms with Crippen LogP contribution < -0.4 is 5.73 Å². The summed E-state index contributed by atoms with van der Waals surface area (Å²) in [6.45, 7) is -0.112. The Hall–Kier alpha value is -1.72. The Morgan fingerprint density at radius 2 is 1.94 bits per heavy atom. The molecule has 0 saturated carbocycles. The van der Waals surface area contributed by atoms with Crippen molar-refractivity contribution >= 4 is 11.9 Å². The van der Waals surface area contributed by atoms with Crippen LogP contribution in [0.15, 0.2) is 30.3 Å². The Morgan fingerprint density at radius 3 is 2.56 bits per heavy atom. The number of ether oxygens (including phenoxy) is 1. The van der Waals surface area contributed by atoms with Crippen molar-refractivity contribution in [2.24, 2.45) is 5.73 Å². The smallest absolute Gasteiger partial charge is 0.330 e. The summed E-state index contributed by atoms with van der Waals surface area (Å²) in [6.07, 6.45) is 0.618. The van der Waals surface area contributed by atoms with Crippen molar-refractivity contribution in [1.82, 2.24) is 0 Å². The van der Waals surface area contributed by atoms with Gasteiger partial charge in [-0.3, -0.25) is 4.79 Å². The number of aliphatic hydroxyl groups is 1. The van der Waals surface area contributed by atoms with Crippen LogP contribution >= 0.6 is 0 Å². The van der Waals surface area contributed by atoms with Crippen LogP contribution in [0.2, 0.25) is 0 Å². The molecule has 5 nitrogen and oxygen atoms in total. The molecule has 1 aromatic rings. The number of rotatable bonds is 6. The lowest BCUT2D eigenvalue weighted by atomic mass is 10.1. The Balaban J connectivity index is 2.40. The minimum atomic E-state index is -0.856. The van der Waals surface area contributed by atoms with Gasteiger partial charge in [0.2, 0.25) is 0 Å². The second-order valence-corrected chi connectivity index (χ2v) is 3.92. The molecule has 0 unspecified atom stereocenters. The lowest BCUT2D eigenvalue weighted by Crippen LogP contribution is -2.35. The van der Waals surface area contributed by atoms with Crippen molar-refractivity contribution in [3.05, 3.63) is 35.9 Å². The van der Waals surface area contributed by atoms with Gasteiger partial charge in [-0.1, -0.05) is 30.3 Å². The fourth-order valence-corrected chi connectivity index (χ4v) is 1.41. The number of hydrogen-bond acceptors (Lipinski definition) is 5. The van der Waals surface area contributed by atoms with E-state index in [9.17, 15) is 9.59 Å². The maximum atomic E-state index is 11.5. The van der Waals surface area contributed by atoms with E-state index in [0.717, 1.165) is 5.56 Å². The summed E-state index contributed by atoms with van der Waals surface area (Å²) in [5.74, 6) is -1.39. The molecule has 98 valence electrons. The minimum Gasteiger partial charge on any atom is -0.396 e. The van der Waals surface area contributed by atoms with Crippen LogP contribution in [-0.4, -0.2) is 29.7 Å². The molecule has 0 bridgehead atoms. The van der Waals surface area contributed by atoms with E-state index in [0.29, 0.717) is 6.42 Å². The van der Waals surface area contributed by atoms with E-state index < -0.39 is 18.0 Å². The molecule has 0 amide bonds. The summed E-state index contributed by atoms with van der Waals surface area (Å²) < 4.78 is 4.57. The highest BCUT2D eigenvalue weighted by molar-refractivity contribution is 5.88. The number of benzene rings is 1. The van der Waals surface area contributed by atoms with Gasteiger partial charge in [-0.2, -0.15) is 0 Å². The topological polar surface area (TPSA) is 89.6 Å². The standard InChI is InChI=1S/C13H17NO4/c14-11(9-10-5-2-1-3-6-10)13(17)18-12(16)7-4-8-15/h1-3,5-6,11,15H,4,7-9,14H2/t11-/m0/s1. The summed E-state index contributed by atoms with van der Waals surface area (Å²) in [5, 5.41) is 8.54. The molecule has 1 rings (SSSR count). The van der Waals surface area contributed by atoms with Crippen molar-refractivity contribution in [3.63, 3.8) is 0 Å². The number of carbonyl (C=O) groups excluding carboxylic acids is 2. The zero-order valence-electron chi connectivity index (χ0n) is 10.0. The fourth-order valence-electron chi connectivity index (χ4n) is 1.41. The van der Waals surface area contributed by atoms with Crippen molar-refractivity contribution in [3.8, 4) is 0 Å². The average Bonchev–Trinajstić information content (AvgIpc) is 2.37. The van der Waals surface area contributed by atoms with Crippen molar-refractivity contribution in [1.29, 1.82) is 0 Å². The molecule has 0 aromatic heterocycles. The van der Waals surface area contributed by atoms with Crippen LogP contribution in [-0.2, 0) is 20.7 Å². The molecule has 0 radical (unpaired) electrons. The zero-order valence-corrected chi connectivity index (χ0v) is 10.0. The molecule has 0 spiro atoms. The van der Waals surface area contributed by atoms with E-state index in [1.165, 1.54) is 0 Å². The molecule has 3 N–H and O–H groups in total. The van der Waals surface area contributed by atoms with E-state index in [-0.39, 0.29) is 19.4 Å². The highest BCUT2D eigenvalue weighted by Gasteiger charge is 2.18. The largest absolute Gasteiger partial charge is 0.396 e. The lowest BCUT2D eigenvalue weighted by molar-refractivity contribution is -0.160. The predicted octanol–water partition coefficient (Wildman–Crippen LogP) is 0.399. The molecule has 0 fully saturated rings. The first-order chi connectivity index (χ1) is 8.63. The Bertz CT molecular complexity index is 391. The molecular formula is C13H17NO4. The first kappa shape index (κ1) is 14.3. The summed E-state index contributed by atoms with van der Waals surface area (Å²) in [7, 11) is 0. The minimum absolute atomic E-state index is 0.0142. The van der Waals surface area contributed by atoms with Gasteiger partial charge in [-0.05, 0) is 18.4 Å². The maximum Gasteiger partial charge on any atom is 0.330 e. The quantitative estimate of drug-likeness (QED) is 0.564. The second kappa shape index (κ2) is 7.58. The molecule has 0 saturated heterocycles. The van der Waals surface area contributed by atoms with Gasteiger partial charge in [0.05, 0.1) is 0 Å². The van der Waals surface area contributed by atoms with Crippen LogP contribution in [0.3, 0.4) is 0 Å². The lowest BCUT2D eigenvalue weighted by Gasteiger charge is -2.10. The summed E-state index contributed by atoms with van der Waals surface area (Å²) in [5.41, 5.74) is 6.56. The summed E-state index contributed by atoms with van der Waals surface area (Å²) in [6, 6.07) is 8.40. The predicted molar refractivity (Wildman–Crippen MR) is 65.5 cm³/mol. The van der Waals surface area contributed by atoms with Crippen LogP contribution in [0.1, 0.15) is 18.4 Å². The van der Waals surface area contributed by atoms with Gasteiger partial charge >= 0.3 is 11.9 Å². The van der Waals surface area contributed by atoms with Crippen molar-refractivity contribution in [2.45, 2.75) is 25.3 Å². The summed E-state index contributed by atoms with van der Waals surface area (Å²) >= 11 is 0. The highest BCUT2D eigenvalue weighted by atomic mass is 16.6. The highest BCUT2D eigenvalue weighted by Crippen LogP contribution is 2.03. The number of nitrogens with two attached hydrogens (primary N) is 1. The van der Waals surface area contributed by atoms with E-state index in [1.54, 1.807) is 0 Å².